The Morgan fingerprint density at radius 1 is 0.346 bits per heavy atom. The van der Waals surface area contributed by atoms with E-state index in [-0.39, 0.29) is 132 Å². The van der Waals surface area contributed by atoms with Crippen LogP contribution in [0.1, 0.15) is 22.3 Å². The van der Waals surface area contributed by atoms with E-state index < -0.39 is 105 Å². The predicted octanol–water partition coefficient (Wildman–Crippen LogP) is 18.0. The Labute approximate surface area is 740 Å². The molecule has 0 amide bonds. The first kappa shape index (κ1) is 88.5. The Bertz CT molecular complexity index is 8410. The summed E-state index contributed by atoms with van der Waals surface area (Å²) >= 11 is 22.8. The first-order valence-electron chi connectivity index (χ1n) is 37.0. The third-order valence-electron chi connectivity index (χ3n) is 19.8. The number of hydrogen-bond acceptors (Lipinski definition) is 22. The number of benzene rings is 10. The van der Waals surface area contributed by atoms with Gasteiger partial charge in [0.15, 0.2) is 59.3 Å². The first-order chi connectivity index (χ1) is 60.3. The molecule has 4 N–H and O–H groups in total. The lowest BCUT2D eigenvalue weighted by Crippen LogP contribution is -2.23. The van der Waals surface area contributed by atoms with E-state index in [0.29, 0.717) is 64.0 Å². The zero-order chi connectivity index (χ0) is 90.7. The Kier molecular flexibility index (Phi) is 24.8. The summed E-state index contributed by atoms with van der Waals surface area (Å²) in [4.78, 5) is 103. The minimum absolute atomic E-state index is 0.00187. The number of fused-ring (bicyclic) bond motifs is 12. The van der Waals surface area contributed by atoms with E-state index in [4.69, 9.17) is 52.5 Å². The highest BCUT2D eigenvalue weighted by Crippen LogP contribution is 2.42. The summed E-state index contributed by atoms with van der Waals surface area (Å²) in [6.45, 7) is 0.134. The van der Waals surface area contributed by atoms with E-state index in [1.165, 1.54) is 146 Å². The van der Waals surface area contributed by atoms with Gasteiger partial charge in [-0.15, -0.1) is 0 Å². The number of pyridine rings is 4. The van der Waals surface area contributed by atoms with Crippen LogP contribution in [0.4, 0.5) is 22.0 Å². The molecule has 0 aliphatic rings. The quantitative estimate of drug-likeness (QED) is 0.0580. The van der Waals surface area contributed by atoms with Crippen molar-refractivity contribution in [2.75, 3.05) is 12.5 Å². The molecule has 18 rings (SSSR count). The van der Waals surface area contributed by atoms with Crippen molar-refractivity contribution in [2.24, 2.45) is 0 Å². The monoisotopic (exact) mass is 1920 g/mol. The molecule has 0 aliphatic heterocycles. The number of aromatic nitrogens is 4. The third-order valence-corrected chi connectivity index (χ3v) is 25.6. The van der Waals surface area contributed by atoms with Gasteiger partial charge in [-0.05, 0) is 196 Å². The molecule has 0 atom stereocenters. The highest BCUT2D eigenvalue weighted by Gasteiger charge is 2.29. The Balaban J connectivity index is 0.000000132. The van der Waals surface area contributed by atoms with Gasteiger partial charge in [0.1, 0.15) is 70.6 Å². The molecule has 24 nitrogen and oxygen atoms in total. The topological polar surface area (TPSA) is 358 Å². The fourth-order valence-corrected chi connectivity index (χ4v) is 17.8. The smallest absolute Gasteiger partial charge is 0.354 e. The molecular weight excluding hydrogens is 1870 g/mol. The minimum atomic E-state index is -3.67. The van der Waals surface area contributed by atoms with Crippen molar-refractivity contribution in [1.82, 2.24) is 18.3 Å². The first-order valence-corrected chi connectivity index (χ1v) is 44.3. The highest BCUT2D eigenvalue weighted by molar-refractivity contribution is 9.10. The average Bonchev–Trinajstić information content (AvgIpc) is 0.758. The molecule has 0 fully saturated rings. The molecular formula is C90H55BrCl3F5N4O20S4. The van der Waals surface area contributed by atoms with E-state index in [0.717, 1.165) is 48.2 Å². The second kappa shape index (κ2) is 35.6. The van der Waals surface area contributed by atoms with Crippen LogP contribution >= 0.6 is 74.3 Å². The molecule has 10 aromatic carbocycles. The molecule has 18 aromatic rings. The van der Waals surface area contributed by atoms with Crippen molar-refractivity contribution < 1.29 is 76.9 Å². The fraction of sp³-hybridized carbons (Fsp3) is 0.0667. The maximum Gasteiger partial charge on any atom is 0.354 e. The van der Waals surface area contributed by atoms with Crippen LogP contribution in [-0.4, -0.2) is 68.0 Å². The fourth-order valence-electron chi connectivity index (χ4n) is 13.9. The third kappa shape index (κ3) is 18.3. The van der Waals surface area contributed by atoms with Gasteiger partial charge in [0.05, 0.1) is 64.1 Å². The Morgan fingerprint density at radius 2 is 0.693 bits per heavy atom. The van der Waals surface area contributed by atoms with Crippen molar-refractivity contribution in [3.63, 3.8) is 0 Å². The SMILES string of the molecule is CS(=O)(=O)c1ccc2c(c1)c1oc(=O)c(Sc3cccc(F)c3)c(O)c1c(=O)n2Cc1ccc(F)cc1.CS(=O)(=O)c1ccc2c3oc(=O)c(Sc4cccc(Cl)c4)c(O)c3c(=O)n(Cc3ccc(F)cc3)c2c1.O=c1cc(O)c2c(=O)n(Cc3ccc(F)cc3)c3cc(Cl)ccc3c2o1.O=c1oc2c(c(O)c1Br)c(=O)n(Cc1ccc(F)cc1)c1cc(Cl)ccc21. The van der Waals surface area contributed by atoms with Crippen LogP contribution in [0.15, 0.2) is 314 Å². The van der Waals surface area contributed by atoms with Gasteiger partial charge in [0.2, 0.25) is 0 Å². The average molecular weight is 1920 g/mol. The van der Waals surface area contributed by atoms with E-state index in [1.807, 2.05) is 0 Å². The van der Waals surface area contributed by atoms with Crippen LogP contribution in [0.25, 0.3) is 87.5 Å². The number of hydrogen-bond donors (Lipinski definition) is 4. The zero-order valence-corrected chi connectivity index (χ0v) is 72.0. The van der Waals surface area contributed by atoms with Gasteiger partial charge in [-0.2, -0.15) is 0 Å². The molecule has 0 unspecified atom stereocenters. The molecule has 127 heavy (non-hydrogen) atoms. The van der Waals surface area contributed by atoms with Gasteiger partial charge in [-0.1, -0.05) is 119 Å². The van der Waals surface area contributed by atoms with Gasteiger partial charge in [-0.3, -0.25) is 19.2 Å². The second-order valence-corrected chi connectivity index (χ2v) is 36.7. The van der Waals surface area contributed by atoms with Crippen molar-refractivity contribution in [1.29, 1.82) is 0 Å². The van der Waals surface area contributed by atoms with Crippen LogP contribution in [0.3, 0.4) is 0 Å². The second-order valence-electron chi connectivity index (χ2n) is 28.4. The van der Waals surface area contributed by atoms with Crippen molar-refractivity contribution in [3.8, 4) is 23.0 Å². The van der Waals surface area contributed by atoms with Gasteiger partial charge in [0.25, 0.3) is 22.2 Å². The van der Waals surface area contributed by atoms with Crippen LogP contribution in [0.5, 0.6) is 23.0 Å². The standard InChI is InChI=1S/C26H17ClFNO6S2.C26H17F2NO6S2.C19H10BrClFNO4.C19H11ClFNO4/c1-37(33,34)18-9-10-19-20(12-18)29(13-14-5-7-16(28)8-6-14)25(31)21-22(30)24(26(32)35-23(19)21)36-17-4-2-3-15(27)11-17;1-37(33,34)18-9-10-20-19(12-18)23-21(25(31)29(20)13-14-5-7-15(27)8-6-14)22(30)24(26(32)35-23)36-17-4-2-3-16(28)11-17;20-15-16(24)14-17(27-19(15)26)12-6-3-10(21)7-13(12)23(18(14)25)8-9-1-4-11(22)5-2-9;20-11-3-6-13-14(7-11)22(9-10-1-4-12(21)5-2-10)19(25)17-15(23)8-16(24)26-18(13)17/h2*2-12,30H,13H2,1H3;1-7,24H,8H2;1-8,23H,9H2. The molecule has 0 saturated carbocycles. The van der Waals surface area contributed by atoms with Crippen molar-refractivity contribution in [3.05, 3.63) is 378 Å². The summed E-state index contributed by atoms with van der Waals surface area (Å²) in [7, 11) is -7.31. The molecule has 0 spiro atoms. The lowest BCUT2D eigenvalue weighted by Gasteiger charge is -2.15. The maximum atomic E-state index is 13.8. The predicted molar refractivity (Wildman–Crippen MR) is 476 cm³/mol. The van der Waals surface area contributed by atoms with E-state index in [9.17, 15) is 97.6 Å². The number of nitrogens with zero attached hydrogens (tertiary/aromatic N) is 4. The molecule has 37 heteroatoms. The largest absolute Gasteiger partial charge is 0.507 e. The van der Waals surface area contributed by atoms with Crippen molar-refractivity contribution >= 4 is 181 Å². The minimum Gasteiger partial charge on any atom is -0.507 e. The normalized spacial score (nSPS) is 11.6. The van der Waals surface area contributed by atoms with Gasteiger partial charge < -0.3 is 56.4 Å². The van der Waals surface area contributed by atoms with Gasteiger partial charge >= 0.3 is 22.5 Å². The van der Waals surface area contributed by atoms with Crippen molar-refractivity contribution in [2.45, 2.75) is 55.6 Å². The summed E-state index contributed by atoms with van der Waals surface area (Å²) in [6.07, 6.45) is 2.04. The Hall–Kier alpha value is -13.3. The summed E-state index contributed by atoms with van der Waals surface area (Å²) in [5, 5.41) is 44.4. The molecule has 8 heterocycles. The van der Waals surface area contributed by atoms with E-state index >= 15 is 0 Å². The molecule has 0 bridgehead atoms. The number of aromatic hydroxyl groups is 4. The summed E-state index contributed by atoms with van der Waals surface area (Å²) in [5.74, 6) is -4.44. The molecule has 0 saturated heterocycles. The molecule has 0 radical (unpaired) electrons. The summed E-state index contributed by atoms with van der Waals surface area (Å²) < 4.78 is 142. The summed E-state index contributed by atoms with van der Waals surface area (Å²) in [5.41, 5.74) is -2.70. The van der Waals surface area contributed by atoms with Crippen LogP contribution in [-0.2, 0) is 45.9 Å². The van der Waals surface area contributed by atoms with Crippen LogP contribution < -0.4 is 44.7 Å². The molecule has 0 aliphatic carbocycles. The van der Waals surface area contributed by atoms with Crippen LogP contribution in [0, 0.1) is 29.1 Å². The zero-order valence-electron chi connectivity index (χ0n) is 64.8. The van der Waals surface area contributed by atoms with E-state index in [2.05, 4.69) is 15.9 Å². The van der Waals surface area contributed by atoms with E-state index in [1.54, 1.807) is 84.9 Å². The lowest BCUT2D eigenvalue weighted by atomic mass is 10.1. The maximum absolute atomic E-state index is 13.8. The highest BCUT2D eigenvalue weighted by atomic mass is 79.9. The molecule has 8 aromatic heterocycles. The van der Waals surface area contributed by atoms with Crippen LogP contribution in [0.2, 0.25) is 15.1 Å². The Morgan fingerprint density at radius 3 is 1.12 bits per heavy atom. The summed E-state index contributed by atoms with van der Waals surface area (Å²) in [6, 6.07) is 52.7. The number of halogens is 9. The van der Waals surface area contributed by atoms with Gasteiger partial charge in [0, 0.05) is 58.9 Å². The molecule has 642 valence electrons. The number of rotatable bonds is 14. The van der Waals surface area contributed by atoms with Gasteiger partial charge in [-0.25, -0.2) is 58.0 Å². The lowest BCUT2D eigenvalue weighted by molar-refractivity contribution is 0.446. The number of sulfone groups is 2.